The summed E-state index contributed by atoms with van der Waals surface area (Å²) >= 11 is 0. The number of phosphoric ester groups is 1. The first-order chi connectivity index (χ1) is 20.5. The molecule has 0 rings (SSSR count). The minimum Gasteiger partial charge on any atom is -0.391 e. The van der Waals surface area contributed by atoms with Gasteiger partial charge in [0.1, 0.15) is 13.2 Å². The van der Waals surface area contributed by atoms with E-state index in [1.165, 1.54) is 96.3 Å². The van der Waals surface area contributed by atoms with Crippen molar-refractivity contribution < 1.29 is 32.9 Å². The largest absolute Gasteiger partial charge is 0.472 e. The van der Waals surface area contributed by atoms with Gasteiger partial charge < -0.3 is 19.8 Å². The average Bonchev–Trinajstić information content (AvgIpc) is 2.94. The second-order valence-corrected chi connectivity index (χ2v) is 15.1. The number of likely N-dealkylation sites (N-methyl/N-ethyl adjacent to an activating group) is 1. The highest BCUT2D eigenvalue weighted by molar-refractivity contribution is 7.47. The normalized spacial score (nSPS) is 14.9. The van der Waals surface area contributed by atoms with Crippen molar-refractivity contribution in [3.63, 3.8) is 0 Å². The number of hydrogen-bond acceptors (Lipinski definition) is 5. The molecule has 3 atom stereocenters. The number of rotatable bonds is 32. The Hall–Kier alpha value is -0.500. The van der Waals surface area contributed by atoms with Crippen LogP contribution in [0.4, 0.5) is 0 Å². The zero-order valence-corrected chi connectivity index (χ0v) is 29.9. The van der Waals surface area contributed by atoms with Crippen LogP contribution in [-0.4, -0.2) is 73.4 Å². The number of hydrogen-bond donors (Lipinski definition) is 3. The predicted octanol–water partition coefficient (Wildman–Crippen LogP) is 8.68. The Kier molecular flexibility index (Phi) is 27.5. The van der Waals surface area contributed by atoms with Crippen molar-refractivity contribution in [2.24, 2.45) is 0 Å². The number of unbranched alkanes of at least 4 members (excludes halogenated alkanes) is 19. The molecule has 0 aromatic carbocycles. The molecule has 0 saturated carbocycles. The van der Waals surface area contributed by atoms with Crippen LogP contribution >= 0.6 is 7.82 Å². The van der Waals surface area contributed by atoms with Gasteiger partial charge >= 0.3 is 7.82 Å². The molecule has 3 unspecified atom stereocenters. The molecule has 0 bridgehead atoms. The molecule has 0 aromatic rings. The van der Waals surface area contributed by atoms with Crippen molar-refractivity contribution in [3.05, 3.63) is 0 Å². The van der Waals surface area contributed by atoms with Crippen molar-refractivity contribution in [2.45, 2.75) is 174 Å². The summed E-state index contributed by atoms with van der Waals surface area (Å²) in [6.45, 7) is 4.83. The van der Waals surface area contributed by atoms with Crippen molar-refractivity contribution >= 4 is 13.7 Å². The van der Waals surface area contributed by atoms with Crippen LogP contribution in [0, 0.1) is 0 Å². The molecular weight excluding hydrogens is 563 g/mol. The van der Waals surface area contributed by atoms with Crippen molar-refractivity contribution in [3.8, 4) is 0 Å². The third-order valence-corrected chi connectivity index (χ3v) is 9.09. The van der Waals surface area contributed by atoms with Gasteiger partial charge in [-0.1, -0.05) is 142 Å². The Labute approximate surface area is 266 Å². The molecule has 0 aliphatic rings. The second-order valence-electron chi connectivity index (χ2n) is 13.6. The van der Waals surface area contributed by atoms with Gasteiger partial charge in [0.25, 0.3) is 0 Å². The summed E-state index contributed by atoms with van der Waals surface area (Å²) in [6, 6.07) is -0.749. The second kappa shape index (κ2) is 27.8. The van der Waals surface area contributed by atoms with Crippen LogP contribution in [0.2, 0.25) is 0 Å². The lowest BCUT2D eigenvalue weighted by Crippen LogP contribution is -2.46. The Balaban J connectivity index is 4.44. The van der Waals surface area contributed by atoms with Crippen molar-refractivity contribution in [1.82, 2.24) is 5.32 Å². The van der Waals surface area contributed by atoms with E-state index in [4.69, 9.17) is 9.05 Å². The first-order valence-corrected chi connectivity index (χ1v) is 19.4. The molecule has 0 aliphatic heterocycles. The number of aliphatic hydroxyl groups excluding tert-OH is 1. The summed E-state index contributed by atoms with van der Waals surface area (Å²) in [5, 5.41) is 13.8. The van der Waals surface area contributed by atoms with Crippen LogP contribution in [0.25, 0.3) is 0 Å². The molecule has 0 saturated heterocycles. The lowest BCUT2D eigenvalue weighted by Gasteiger charge is -2.26. The third kappa shape index (κ3) is 29.9. The number of nitrogens with zero attached hydrogens (tertiary/aromatic N) is 1. The maximum absolute atomic E-state index is 12.7. The Morgan fingerprint density at radius 3 is 1.56 bits per heavy atom. The van der Waals surface area contributed by atoms with Crippen molar-refractivity contribution in [1.29, 1.82) is 0 Å². The van der Waals surface area contributed by atoms with Crippen LogP contribution in [0.3, 0.4) is 0 Å². The van der Waals surface area contributed by atoms with Crippen LogP contribution < -0.4 is 5.32 Å². The number of aliphatic hydroxyl groups is 1. The quantitative estimate of drug-likeness (QED) is 0.0388. The molecule has 3 N–H and O–H groups in total. The number of phosphoric acid groups is 1. The summed E-state index contributed by atoms with van der Waals surface area (Å²) in [4.78, 5) is 22.9. The number of carbonyl (C=O) groups is 1. The molecule has 0 aliphatic carbocycles. The zero-order chi connectivity index (χ0) is 32.2. The highest BCUT2D eigenvalue weighted by atomic mass is 31.2. The maximum atomic E-state index is 12.7. The third-order valence-electron chi connectivity index (χ3n) is 8.11. The van der Waals surface area contributed by atoms with Gasteiger partial charge in [-0.2, -0.15) is 0 Å². The van der Waals surface area contributed by atoms with Crippen LogP contribution in [0.5, 0.6) is 0 Å². The van der Waals surface area contributed by atoms with E-state index in [0.717, 1.165) is 38.5 Å². The number of nitrogens with one attached hydrogen (secondary N) is 1. The molecule has 258 valence electrons. The van der Waals surface area contributed by atoms with Crippen molar-refractivity contribution in [2.75, 3.05) is 40.9 Å². The molecule has 9 heteroatoms. The number of quaternary nitrogens is 1. The fourth-order valence-corrected chi connectivity index (χ4v) is 5.90. The maximum Gasteiger partial charge on any atom is 0.472 e. The fraction of sp³-hybridized carbons (Fsp3) is 0.971. The molecule has 43 heavy (non-hydrogen) atoms. The Bertz CT molecular complexity index is 688. The topological polar surface area (TPSA) is 105 Å². The van der Waals surface area contributed by atoms with Gasteiger partial charge in [0.2, 0.25) is 5.91 Å². The first kappa shape index (κ1) is 42.5. The lowest BCUT2D eigenvalue weighted by molar-refractivity contribution is -0.870. The highest BCUT2D eigenvalue weighted by Crippen LogP contribution is 2.43. The van der Waals surface area contributed by atoms with Gasteiger partial charge in [0, 0.05) is 6.42 Å². The minimum atomic E-state index is -4.29. The van der Waals surface area contributed by atoms with E-state index >= 15 is 0 Å². The van der Waals surface area contributed by atoms with E-state index in [1.807, 2.05) is 21.1 Å². The van der Waals surface area contributed by atoms with E-state index in [9.17, 15) is 19.4 Å². The summed E-state index contributed by atoms with van der Waals surface area (Å²) in [6.07, 6.45) is 25.5. The average molecular weight is 636 g/mol. The van der Waals surface area contributed by atoms with Crippen LogP contribution in [0.1, 0.15) is 162 Å². The SMILES string of the molecule is CCCCCCCCCCCCCCCC(=O)NC(COP(=O)(O)OCC[N+](C)(C)C)C(O)CCCCCCCCCC. The molecule has 0 radical (unpaired) electrons. The summed E-state index contributed by atoms with van der Waals surface area (Å²) in [5.74, 6) is -0.148. The standard InChI is InChI=1S/C34H71N2O6P/c1-6-8-10-12-14-16-17-18-19-20-22-24-26-28-34(38)35-32(31-42-43(39,40)41-30-29-36(3,4)5)33(37)27-25-23-21-15-13-11-9-7-2/h32-33,37H,6-31H2,1-5H3,(H-,35,38,39,40)/p+1. The van der Waals surface area contributed by atoms with Crippen LogP contribution in [-0.2, 0) is 18.4 Å². The molecule has 1 amide bonds. The van der Waals surface area contributed by atoms with Gasteiger partial charge in [0.05, 0.1) is 39.9 Å². The minimum absolute atomic E-state index is 0.0775. The van der Waals surface area contributed by atoms with Crippen LogP contribution in [0.15, 0.2) is 0 Å². The Morgan fingerprint density at radius 1 is 0.698 bits per heavy atom. The van der Waals surface area contributed by atoms with Gasteiger partial charge in [-0.15, -0.1) is 0 Å². The Morgan fingerprint density at radius 2 is 1.12 bits per heavy atom. The van der Waals surface area contributed by atoms with E-state index < -0.39 is 20.0 Å². The van der Waals surface area contributed by atoms with E-state index in [-0.39, 0.29) is 19.1 Å². The fourth-order valence-electron chi connectivity index (χ4n) is 5.16. The number of amides is 1. The summed E-state index contributed by atoms with van der Waals surface area (Å²) < 4.78 is 23.4. The van der Waals surface area contributed by atoms with Gasteiger partial charge in [-0.3, -0.25) is 13.8 Å². The van der Waals surface area contributed by atoms with Gasteiger partial charge in [-0.25, -0.2) is 4.57 Å². The van der Waals surface area contributed by atoms with Gasteiger partial charge in [0.15, 0.2) is 0 Å². The molecule has 0 spiro atoms. The molecular formula is C34H72N2O6P+. The monoisotopic (exact) mass is 636 g/mol. The molecule has 0 fully saturated rings. The first-order valence-electron chi connectivity index (χ1n) is 17.9. The van der Waals surface area contributed by atoms with E-state index in [2.05, 4.69) is 19.2 Å². The van der Waals surface area contributed by atoms with E-state index in [0.29, 0.717) is 23.9 Å². The summed E-state index contributed by atoms with van der Waals surface area (Å²) in [7, 11) is 1.62. The highest BCUT2D eigenvalue weighted by Gasteiger charge is 2.28. The van der Waals surface area contributed by atoms with E-state index in [1.54, 1.807) is 0 Å². The number of carbonyl (C=O) groups excluding carboxylic acids is 1. The molecule has 0 aromatic heterocycles. The predicted molar refractivity (Wildman–Crippen MR) is 180 cm³/mol. The molecule has 8 nitrogen and oxygen atoms in total. The smallest absolute Gasteiger partial charge is 0.391 e. The molecule has 0 heterocycles. The lowest BCUT2D eigenvalue weighted by atomic mass is 10.0. The van der Waals surface area contributed by atoms with Gasteiger partial charge in [-0.05, 0) is 12.8 Å². The summed E-state index contributed by atoms with van der Waals surface area (Å²) in [5.41, 5.74) is 0. The zero-order valence-electron chi connectivity index (χ0n) is 29.0.